The molecule has 2 N–H and O–H groups in total. The summed E-state index contributed by atoms with van der Waals surface area (Å²) in [6, 6.07) is 8.91. The van der Waals surface area contributed by atoms with E-state index in [1.54, 1.807) is 17.6 Å². The lowest BCUT2D eigenvalue weighted by Gasteiger charge is -2.18. The number of nitrogen functional groups attached to an aromatic ring is 1. The highest BCUT2D eigenvalue weighted by molar-refractivity contribution is 5.84. The molecular weight excluding hydrogens is 404 g/mol. The summed E-state index contributed by atoms with van der Waals surface area (Å²) in [5.74, 6) is -0.791. The standard InChI is InChI=1S/C22H15F2N5O2/c1-11(29-10-28-18-21(25)26-9-27-22(18)29)20-17(13-4-2-3-5-15(13)24)19(30)14-8-12(23)6-7-16(14)31-20/h2-11H,1H3,(H2,25,26,27). The molecule has 0 radical (unpaired) electrons. The zero-order chi connectivity index (χ0) is 21.7. The van der Waals surface area contributed by atoms with E-state index < -0.39 is 23.1 Å². The largest absolute Gasteiger partial charge is 0.458 e. The van der Waals surface area contributed by atoms with Crippen molar-refractivity contribution >= 4 is 28.0 Å². The van der Waals surface area contributed by atoms with Crippen molar-refractivity contribution < 1.29 is 13.2 Å². The lowest BCUT2D eigenvalue weighted by Crippen LogP contribution is -2.15. The van der Waals surface area contributed by atoms with Crippen LogP contribution in [0.1, 0.15) is 18.7 Å². The van der Waals surface area contributed by atoms with Gasteiger partial charge in [0.25, 0.3) is 0 Å². The van der Waals surface area contributed by atoms with Gasteiger partial charge in [0.1, 0.15) is 34.8 Å². The van der Waals surface area contributed by atoms with Gasteiger partial charge in [-0.2, -0.15) is 0 Å². The average molecular weight is 419 g/mol. The molecule has 9 heteroatoms. The molecule has 31 heavy (non-hydrogen) atoms. The van der Waals surface area contributed by atoms with E-state index in [1.807, 2.05) is 0 Å². The molecule has 1 unspecified atom stereocenters. The Labute approximate surface area is 173 Å². The van der Waals surface area contributed by atoms with Crippen LogP contribution in [0.5, 0.6) is 0 Å². The summed E-state index contributed by atoms with van der Waals surface area (Å²) >= 11 is 0. The smallest absolute Gasteiger partial charge is 0.201 e. The van der Waals surface area contributed by atoms with Crippen LogP contribution < -0.4 is 11.2 Å². The van der Waals surface area contributed by atoms with Crippen LogP contribution in [0.15, 0.2) is 64.3 Å². The van der Waals surface area contributed by atoms with Crippen LogP contribution in [-0.2, 0) is 0 Å². The highest BCUT2D eigenvalue weighted by Gasteiger charge is 2.25. The first-order chi connectivity index (χ1) is 15.0. The van der Waals surface area contributed by atoms with Gasteiger partial charge < -0.3 is 14.7 Å². The van der Waals surface area contributed by atoms with Gasteiger partial charge in [-0.3, -0.25) is 4.79 Å². The second-order valence-electron chi connectivity index (χ2n) is 7.05. The Morgan fingerprint density at radius 2 is 1.90 bits per heavy atom. The summed E-state index contributed by atoms with van der Waals surface area (Å²) in [6.45, 7) is 1.76. The zero-order valence-corrected chi connectivity index (χ0v) is 16.2. The molecule has 0 amide bonds. The minimum Gasteiger partial charge on any atom is -0.458 e. The summed E-state index contributed by atoms with van der Waals surface area (Å²) in [5.41, 5.74) is 6.42. The number of anilines is 1. The first-order valence-electron chi connectivity index (χ1n) is 9.40. The summed E-state index contributed by atoms with van der Waals surface area (Å²) in [7, 11) is 0. The molecule has 5 aromatic rings. The molecule has 154 valence electrons. The van der Waals surface area contributed by atoms with Gasteiger partial charge in [-0.25, -0.2) is 23.7 Å². The molecular formula is C22H15F2N5O2. The van der Waals surface area contributed by atoms with Crippen molar-refractivity contribution in [3.63, 3.8) is 0 Å². The fourth-order valence-corrected chi connectivity index (χ4v) is 3.68. The van der Waals surface area contributed by atoms with Crippen molar-refractivity contribution in [3.05, 3.63) is 82.7 Å². The van der Waals surface area contributed by atoms with Crippen molar-refractivity contribution in [2.24, 2.45) is 0 Å². The number of hydrogen-bond donors (Lipinski definition) is 1. The molecule has 0 saturated heterocycles. The Kier molecular flexibility index (Phi) is 4.25. The molecule has 1 atom stereocenters. The number of nitrogens with two attached hydrogens (primary N) is 1. The lowest BCUT2D eigenvalue weighted by atomic mass is 9.98. The molecule has 0 bridgehead atoms. The second kappa shape index (κ2) is 6.98. The van der Waals surface area contributed by atoms with E-state index in [-0.39, 0.29) is 33.7 Å². The SMILES string of the molecule is CC(c1oc2ccc(F)cc2c(=O)c1-c1ccccc1F)n1cnc2c(N)ncnc21. The maximum absolute atomic E-state index is 14.7. The van der Waals surface area contributed by atoms with Gasteiger partial charge in [-0.05, 0) is 31.2 Å². The van der Waals surface area contributed by atoms with Crippen LogP contribution in [0, 0.1) is 11.6 Å². The van der Waals surface area contributed by atoms with Gasteiger partial charge in [-0.15, -0.1) is 0 Å². The molecule has 0 fully saturated rings. The predicted molar refractivity (Wildman–Crippen MR) is 111 cm³/mol. The molecule has 0 saturated carbocycles. The third kappa shape index (κ3) is 2.93. The van der Waals surface area contributed by atoms with Crippen LogP contribution >= 0.6 is 0 Å². The highest BCUT2D eigenvalue weighted by atomic mass is 19.1. The third-order valence-corrected chi connectivity index (χ3v) is 5.21. The monoisotopic (exact) mass is 419 g/mol. The van der Waals surface area contributed by atoms with Crippen molar-refractivity contribution in [3.8, 4) is 11.1 Å². The molecule has 7 nitrogen and oxygen atoms in total. The molecule has 0 aliphatic rings. The fraction of sp³-hybridized carbons (Fsp3) is 0.0909. The molecule has 0 aliphatic carbocycles. The summed E-state index contributed by atoms with van der Waals surface area (Å²) < 4.78 is 36.3. The van der Waals surface area contributed by atoms with Crippen LogP contribution in [0.3, 0.4) is 0 Å². The van der Waals surface area contributed by atoms with Gasteiger partial charge in [0.15, 0.2) is 11.5 Å². The minimum atomic E-state index is -0.615. The number of aromatic nitrogens is 4. The number of imidazole rings is 1. The Bertz CT molecular complexity index is 1530. The number of rotatable bonds is 3. The number of nitrogens with zero attached hydrogens (tertiary/aromatic N) is 4. The number of fused-ring (bicyclic) bond motifs is 2. The van der Waals surface area contributed by atoms with E-state index in [1.165, 1.54) is 43.0 Å². The van der Waals surface area contributed by atoms with E-state index in [0.717, 1.165) is 6.07 Å². The molecule has 3 aromatic heterocycles. The average Bonchev–Trinajstić information content (AvgIpc) is 3.20. The maximum Gasteiger partial charge on any atom is 0.201 e. The first-order valence-corrected chi connectivity index (χ1v) is 9.40. The number of hydrogen-bond acceptors (Lipinski definition) is 6. The van der Waals surface area contributed by atoms with E-state index in [2.05, 4.69) is 15.0 Å². The molecule has 3 heterocycles. The Hall–Kier alpha value is -4.14. The van der Waals surface area contributed by atoms with E-state index >= 15 is 0 Å². The van der Waals surface area contributed by atoms with Crippen LogP contribution in [-0.4, -0.2) is 19.5 Å². The summed E-state index contributed by atoms with van der Waals surface area (Å²) in [6.07, 6.45) is 2.81. The van der Waals surface area contributed by atoms with Crippen molar-refractivity contribution in [1.82, 2.24) is 19.5 Å². The van der Waals surface area contributed by atoms with Gasteiger partial charge in [0.05, 0.1) is 23.3 Å². The topological polar surface area (TPSA) is 99.8 Å². The second-order valence-corrected chi connectivity index (χ2v) is 7.05. The minimum absolute atomic E-state index is 0.00702. The summed E-state index contributed by atoms with van der Waals surface area (Å²) in [4.78, 5) is 25.8. The van der Waals surface area contributed by atoms with Gasteiger partial charge in [0.2, 0.25) is 5.43 Å². The van der Waals surface area contributed by atoms with Crippen molar-refractivity contribution in [2.45, 2.75) is 13.0 Å². The van der Waals surface area contributed by atoms with Gasteiger partial charge in [0, 0.05) is 5.56 Å². The van der Waals surface area contributed by atoms with Crippen molar-refractivity contribution in [2.75, 3.05) is 5.73 Å². The van der Waals surface area contributed by atoms with Gasteiger partial charge in [-0.1, -0.05) is 18.2 Å². The normalized spacial score (nSPS) is 12.5. The van der Waals surface area contributed by atoms with Crippen LogP contribution in [0.2, 0.25) is 0 Å². The molecule has 0 spiro atoms. The maximum atomic E-state index is 14.7. The Morgan fingerprint density at radius 3 is 2.71 bits per heavy atom. The predicted octanol–water partition coefficient (Wildman–Crippen LogP) is 4.07. The zero-order valence-electron chi connectivity index (χ0n) is 16.2. The lowest BCUT2D eigenvalue weighted by molar-refractivity contribution is 0.466. The quantitative estimate of drug-likeness (QED) is 0.473. The summed E-state index contributed by atoms with van der Waals surface area (Å²) in [5, 5.41) is 0.0243. The first kappa shape index (κ1) is 18.9. The Morgan fingerprint density at radius 1 is 1.10 bits per heavy atom. The third-order valence-electron chi connectivity index (χ3n) is 5.21. The number of halogens is 2. The number of benzene rings is 2. The fourth-order valence-electron chi connectivity index (χ4n) is 3.68. The molecule has 2 aromatic carbocycles. The van der Waals surface area contributed by atoms with Crippen LogP contribution in [0.4, 0.5) is 14.6 Å². The Balaban J connectivity index is 1.84. The van der Waals surface area contributed by atoms with E-state index in [9.17, 15) is 13.6 Å². The highest BCUT2D eigenvalue weighted by Crippen LogP contribution is 2.33. The van der Waals surface area contributed by atoms with Crippen LogP contribution in [0.25, 0.3) is 33.3 Å². The van der Waals surface area contributed by atoms with Crippen molar-refractivity contribution in [1.29, 1.82) is 0 Å². The molecule has 0 aliphatic heterocycles. The van der Waals surface area contributed by atoms with E-state index in [4.69, 9.17) is 10.2 Å². The van der Waals surface area contributed by atoms with E-state index in [0.29, 0.717) is 11.2 Å². The molecule has 5 rings (SSSR count). The van der Waals surface area contributed by atoms with Gasteiger partial charge >= 0.3 is 0 Å².